The van der Waals surface area contributed by atoms with Crippen molar-refractivity contribution < 1.29 is 17.9 Å². The summed E-state index contributed by atoms with van der Waals surface area (Å²) in [5, 5.41) is 1.43. The first-order chi connectivity index (χ1) is 13.8. The largest absolute Gasteiger partial charge is 0.462 e. The first-order valence-corrected chi connectivity index (χ1v) is 12.3. The number of esters is 1. The molecule has 0 unspecified atom stereocenters. The molecule has 4 nitrogen and oxygen atoms in total. The molecular weight excluding hydrogens is 428 g/mol. The molecular formula is C22H23ClO4S2. The molecule has 0 bridgehead atoms. The van der Waals surface area contributed by atoms with E-state index in [1.54, 1.807) is 43.3 Å². The Kier molecular flexibility index (Phi) is 6.98. The Morgan fingerprint density at radius 2 is 1.93 bits per heavy atom. The van der Waals surface area contributed by atoms with Crippen molar-refractivity contribution in [3.8, 4) is 0 Å². The molecule has 1 heterocycles. The van der Waals surface area contributed by atoms with Gasteiger partial charge >= 0.3 is 5.97 Å². The minimum Gasteiger partial charge on any atom is -0.462 e. The van der Waals surface area contributed by atoms with E-state index < -0.39 is 15.8 Å². The number of carbonyl (C=O) groups is 1. The molecule has 29 heavy (non-hydrogen) atoms. The lowest BCUT2D eigenvalue weighted by molar-refractivity contribution is 0.0498. The van der Waals surface area contributed by atoms with Crippen molar-refractivity contribution >= 4 is 48.8 Å². The number of carbonyl (C=O) groups excluding carboxylic acids is 1. The third-order valence-electron chi connectivity index (χ3n) is 4.64. The van der Waals surface area contributed by atoms with Crippen molar-refractivity contribution in [2.24, 2.45) is 0 Å². The van der Waals surface area contributed by atoms with Crippen molar-refractivity contribution in [1.29, 1.82) is 0 Å². The summed E-state index contributed by atoms with van der Waals surface area (Å²) >= 11 is 7.30. The van der Waals surface area contributed by atoms with Crippen LogP contribution in [0.25, 0.3) is 10.1 Å². The predicted octanol–water partition coefficient (Wildman–Crippen LogP) is 6.18. The van der Waals surface area contributed by atoms with Crippen LogP contribution in [0.1, 0.15) is 47.7 Å². The highest BCUT2D eigenvalue weighted by atomic mass is 35.5. The molecule has 0 aliphatic rings. The van der Waals surface area contributed by atoms with Crippen LogP contribution in [0, 0.1) is 6.92 Å². The number of sulfone groups is 1. The van der Waals surface area contributed by atoms with E-state index in [1.807, 2.05) is 6.07 Å². The van der Waals surface area contributed by atoms with Crippen LogP contribution in [0.4, 0.5) is 0 Å². The van der Waals surface area contributed by atoms with E-state index in [9.17, 15) is 13.2 Å². The molecule has 0 saturated heterocycles. The number of hydrogen-bond donors (Lipinski definition) is 0. The Hall–Kier alpha value is -1.89. The van der Waals surface area contributed by atoms with E-state index in [4.69, 9.17) is 16.3 Å². The average molecular weight is 451 g/mol. The summed E-state index contributed by atoms with van der Waals surface area (Å²) in [6, 6.07) is 12.0. The number of aryl methyl sites for hydroxylation is 1. The number of thiophene rings is 1. The lowest BCUT2D eigenvalue weighted by Gasteiger charge is -2.07. The minimum absolute atomic E-state index is 0.175. The van der Waals surface area contributed by atoms with Gasteiger partial charge in [-0.25, -0.2) is 13.2 Å². The van der Waals surface area contributed by atoms with Gasteiger partial charge in [0.2, 0.25) is 0 Å². The summed E-state index contributed by atoms with van der Waals surface area (Å²) in [4.78, 5) is 12.2. The van der Waals surface area contributed by atoms with Crippen molar-refractivity contribution in [2.45, 2.75) is 43.1 Å². The Morgan fingerprint density at radius 3 is 2.69 bits per heavy atom. The molecule has 0 aliphatic carbocycles. The highest BCUT2D eigenvalue weighted by Gasteiger charge is 2.23. The van der Waals surface area contributed by atoms with Gasteiger partial charge in [0.25, 0.3) is 0 Å². The topological polar surface area (TPSA) is 60.4 Å². The predicted molar refractivity (Wildman–Crippen MR) is 119 cm³/mol. The van der Waals surface area contributed by atoms with E-state index in [2.05, 4.69) is 6.92 Å². The highest BCUT2D eigenvalue weighted by Crippen LogP contribution is 2.36. The van der Waals surface area contributed by atoms with Gasteiger partial charge in [0.1, 0.15) is 4.21 Å². The molecule has 2 aromatic carbocycles. The van der Waals surface area contributed by atoms with E-state index >= 15 is 0 Å². The fourth-order valence-corrected chi connectivity index (χ4v) is 6.51. The second-order valence-corrected chi connectivity index (χ2v) is 10.6. The maximum atomic E-state index is 13.1. The van der Waals surface area contributed by atoms with E-state index in [0.29, 0.717) is 32.5 Å². The van der Waals surface area contributed by atoms with E-state index in [-0.39, 0.29) is 5.75 Å². The number of ether oxygens (including phenoxy) is 1. The normalized spacial score (nSPS) is 11.7. The zero-order valence-corrected chi connectivity index (χ0v) is 18.8. The molecule has 0 fully saturated rings. The Labute approximate surface area is 180 Å². The molecule has 0 spiro atoms. The monoisotopic (exact) mass is 450 g/mol. The highest BCUT2D eigenvalue weighted by molar-refractivity contribution is 7.93. The Morgan fingerprint density at radius 1 is 1.14 bits per heavy atom. The number of unbranched alkanes of at least 4 members (excludes halogenated alkanes) is 2. The summed E-state index contributed by atoms with van der Waals surface area (Å²) in [6.45, 7) is 4.25. The fraction of sp³-hybridized carbons (Fsp3) is 0.318. The van der Waals surface area contributed by atoms with Crippen molar-refractivity contribution in [2.75, 3.05) is 6.61 Å². The van der Waals surface area contributed by atoms with Gasteiger partial charge in [-0.15, -0.1) is 11.3 Å². The van der Waals surface area contributed by atoms with Crippen LogP contribution in [0.15, 0.2) is 46.7 Å². The molecule has 0 radical (unpaired) electrons. The Balaban J connectivity index is 1.81. The molecule has 0 atom stereocenters. The maximum absolute atomic E-state index is 13.1. The quantitative estimate of drug-likeness (QED) is 0.303. The molecule has 3 rings (SSSR count). The van der Waals surface area contributed by atoms with Crippen molar-refractivity contribution in [1.82, 2.24) is 0 Å². The number of rotatable bonds is 8. The summed E-state index contributed by atoms with van der Waals surface area (Å²) in [5.41, 5.74) is 1.64. The van der Waals surface area contributed by atoms with Gasteiger partial charge in [0.15, 0.2) is 9.84 Å². The maximum Gasteiger partial charge on any atom is 0.338 e. The van der Waals surface area contributed by atoms with Gasteiger partial charge in [0, 0.05) is 9.72 Å². The van der Waals surface area contributed by atoms with Gasteiger partial charge in [-0.2, -0.15) is 0 Å². The molecule has 3 aromatic rings. The smallest absolute Gasteiger partial charge is 0.338 e. The second kappa shape index (κ2) is 9.28. The number of halogens is 1. The third kappa shape index (κ3) is 5.18. The fourth-order valence-electron chi connectivity index (χ4n) is 3.14. The molecule has 0 saturated carbocycles. The molecule has 0 N–H and O–H groups in total. The Bertz CT molecular complexity index is 1130. The zero-order valence-electron chi connectivity index (χ0n) is 16.4. The standard InChI is InChI=1S/C22H23ClO4S2/c1-3-4-5-11-27-21(24)17-8-6-7-16(12-17)14-29(25,26)22-15(2)19-13-18(23)9-10-20(19)28-22/h6-10,12-13H,3-5,11,14H2,1-2H3. The van der Waals surface area contributed by atoms with E-state index in [0.717, 1.165) is 29.3 Å². The van der Waals surface area contributed by atoms with Crippen molar-refractivity contribution in [3.63, 3.8) is 0 Å². The van der Waals surface area contributed by atoms with Gasteiger partial charge in [-0.05, 0) is 60.2 Å². The molecule has 1 aromatic heterocycles. The van der Waals surface area contributed by atoms with Crippen LogP contribution in [-0.2, 0) is 20.3 Å². The summed E-state index contributed by atoms with van der Waals surface area (Å²) < 4.78 is 32.6. The molecule has 7 heteroatoms. The second-order valence-electron chi connectivity index (χ2n) is 6.96. The van der Waals surface area contributed by atoms with Crippen molar-refractivity contribution in [3.05, 3.63) is 64.2 Å². The van der Waals surface area contributed by atoms with Gasteiger partial charge in [-0.3, -0.25) is 0 Å². The van der Waals surface area contributed by atoms with Gasteiger partial charge in [0.05, 0.1) is 17.9 Å². The van der Waals surface area contributed by atoms with Crippen LogP contribution in [0.3, 0.4) is 0 Å². The SMILES string of the molecule is CCCCCOC(=O)c1cccc(CS(=O)(=O)c2sc3ccc(Cl)cc3c2C)c1. The molecule has 0 aliphatic heterocycles. The van der Waals surface area contributed by atoms with Crippen LogP contribution in [0.5, 0.6) is 0 Å². The van der Waals surface area contributed by atoms with Crippen LogP contribution in [-0.4, -0.2) is 21.0 Å². The lowest BCUT2D eigenvalue weighted by Crippen LogP contribution is -2.09. The number of fused-ring (bicyclic) bond motifs is 1. The van der Waals surface area contributed by atoms with E-state index in [1.165, 1.54) is 11.3 Å². The van der Waals surface area contributed by atoms with Crippen LogP contribution >= 0.6 is 22.9 Å². The van der Waals surface area contributed by atoms with Crippen LogP contribution < -0.4 is 0 Å². The number of benzene rings is 2. The zero-order chi connectivity index (χ0) is 21.0. The number of hydrogen-bond acceptors (Lipinski definition) is 5. The van der Waals surface area contributed by atoms with Gasteiger partial charge in [-0.1, -0.05) is 43.5 Å². The summed E-state index contributed by atoms with van der Waals surface area (Å²) in [7, 11) is -3.56. The van der Waals surface area contributed by atoms with Crippen LogP contribution in [0.2, 0.25) is 5.02 Å². The summed E-state index contributed by atoms with van der Waals surface area (Å²) in [5.74, 6) is -0.598. The minimum atomic E-state index is -3.56. The molecule has 0 amide bonds. The summed E-state index contributed by atoms with van der Waals surface area (Å²) in [6.07, 6.45) is 2.88. The third-order valence-corrected chi connectivity index (χ3v) is 8.54. The lowest BCUT2D eigenvalue weighted by atomic mass is 10.1. The molecule has 154 valence electrons. The first kappa shape index (κ1) is 21.8. The van der Waals surface area contributed by atoms with Gasteiger partial charge < -0.3 is 4.74 Å². The first-order valence-electron chi connectivity index (χ1n) is 9.49. The average Bonchev–Trinajstić information content (AvgIpc) is 3.02.